The van der Waals surface area contributed by atoms with Gasteiger partial charge in [-0.2, -0.15) is 9.97 Å². The molecular weight excluding hydrogens is 230 g/mol. The summed E-state index contributed by atoms with van der Waals surface area (Å²) in [5, 5.41) is 2.84. The van der Waals surface area contributed by atoms with Crippen LogP contribution in [0.3, 0.4) is 0 Å². The number of benzene rings is 1. The van der Waals surface area contributed by atoms with Gasteiger partial charge in [-0.05, 0) is 19.1 Å². The summed E-state index contributed by atoms with van der Waals surface area (Å²) in [6, 6.07) is 7.56. The molecule has 1 heterocycles. The Hall–Kier alpha value is -2.50. The van der Waals surface area contributed by atoms with Crippen LogP contribution in [-0.2, 0) is 0 Å². The van der Waals surface area contributed by atoms with Crippen molar-refractivity contribution in [3.05, 3.63) is 29.8 Å². The van der Waals surface area contributed by atoms with Crippen molar-refractivity contribution in [1.82, 2.24) is 9.97 Å². The predicted octanol–water partition coefficient (Wildman–Crippen LogP) is 1.78. The first-order valence-corrected chi connectivity index (χ1v) is 5.45. The van der Waals surface area contributed by atoms with Crippen molar-refractivity contribution >= 4 is 17.5 Å². The number of rotatable bonds is 3. The first-order chi connectivity index (χ1) is 8.60. The average molecular weight is 245 g/mol. The monoisotopic (exact) mass is 245 g/mol. The van der Waals surface area contributed by atoms with Gasteiger partial charge in [-0.15, -0.1) is 0 Å². The molecule has 18 heavy (non-hydrogen) atoms. The molecule has 0 radical (unpaired) electrons. The van der Waals surface area contributed by atoms with Gasteiger partial charge in [0.05, 0.1) is 0 Å². The zero-order valence-corrected chi connectivity index (χ0v) is 10.3. The SMILES string of the molecule is CNc1nc(N)nc(Oc2ccc(C)cc2)c1N. The second-order valence-corrected chi connectivity index (χ2v) is 3.81. The molecule has 0 amide bonds. The normalized spacial score (nSPS) is 10.1. The highest BCUT2D eigenvalue weighted by molar-refractivity contribution is 5.68. The van der Waals surface area contributed by atoms with Gasteiger partial charge in [-0.1, -0.05) is 17.7 Å². The summed E-state index contributed by atoms with van der Waals surface area (Å²) >= 11 is 0. The van der Waals surface area contributed by atoms with Gasteiger partial charge in [0.2, 0.25) is 11.8 Å². The Morgan fingerprint density at radius 1 is 1.11 bits per heavy atom. The number of nitrogens with one attached hydrogen (secondary N) is 1. The van der Waals surface area contributed by atoms with Crippen molar-refractivity contribution in [2.45, 2.75) is 6.92 Å². The lowest BCUT2D eigenvalue weighted by molar-refractivity contribution is 0.465. The highest BCUT2D eigenvalue weighted by Crippen LogP contribution is 2.30. The van der Waals surface area contributed by atoms with Crippen LogP contribution in [0.1, 0.15) is 5.56 Å². The third kappa shape index (κ3) is 2.42. The maximum absolute atomic E-state index is 5.87. The van der Waals surface area contributed by atoms with Gasteiger partial charge in [-0.25, -0.2) is 0 Å². The predicted molar refractivity (Wildman–Crippen MR) is 71.7 cm³/mol. The van der Waals surface area contributed by atoms with E-state index in [9.17, 15) is 0 Å². The summed E-state index contributed by atoms with van der Waals surface area (Å²) < 4.78 is 5.59. The average Bonchev–Trinajstić information content (AvgIpc) is 2.36. The van der Waals surface area contributed by atoms with E-state index in [1.807, 2.05) is 31.2 Å². The van der Waals surface area contributed by atoms with Crippen LogP contribution in [0, 0.1) is 6.92 Å². The second kappa shape index (κ2) is 4.79. The van der Waals surface area contributed by atoms with E-state index in [1.165, 1.54) is 0 Å². The number of nitrogens with two attached hydrogens (primary N) is 2. The zero-order chi connectivity index (χ0) is 13.1. The molecule has 5 N–H and O–H groups in total. The van der Waals surface area contributed by atoms with E-state index in [4.69, 9.17) is 16.2 Å². The number of nitrogens with zero attached hydrogens (tertiary/aromatic N) is 2. The maximum atomic E-state index is 5.87. The lowest BCUT2D eigenvalue weighted by atomic mass is 10.2. The van der Waals surface area contributed by atoms with E-state index in [-0.39, 0.29) is 11.8 Å². The first kappa shape index (κ1) is 12.0. The summed E-state index contributed by atoms with van der Waals surface area (Å²) in [5.74, 6) is 1.45. The molecule has 0 spiro atoms. The Labute approximate surface area is 105 Å². The lowest BCUT2D eigenvalue weighted by Gasteiger charge is -2.11. The number of nitrogen functional groups attached to an aromatic ring is 2. The van der Waals surface area contributed by atoms with Crippen LogP contribution in [0.25, 0.3) is 0 Å². The second-order valence-electron chi connectivity index (χ2n) is 3.81. The minimum atomic E-state index is 0.107. The van der Waals surface area contributed by atoms with E-state index < -0.39 is 0 Å². The highest BCUT2D eigenvalue weighted by atomic mass is 16.5. The largest absolute Gasteiger partial charge is 0.437 e. The number of aromatic nitrogens is 2. The molecule has 2 aromatic rings. The highest BCUT2D eigenvalue weighted by Gasteiger charge is 2.11. The zero-order valence-electron chi connectivity index (χ0n) is 10.3. The molecule has 0 unspecified atom stereocenters. The van der Waals surface area contributed by atoms with Crippen LogP contribution in [0.5, 0.6) is 11.6 Å². The third-order valence-electron chi connectivity index (χ3n) is 2.40. The molecule has 6 nitrogen and oxygen atoms in total. The quantitative estimate of drug-likeness (QED) is 0.762. The van der Waals surface area contributed by atoms with Gasteiger partial charge >= 0.3 is 0 Å². The van der Waals surface area contributed by atoms with Crippen LogP contribution < -0.4 is 21.5 Å². The van der Waals surface area contributed by atoms with Crippen LogP contribution in [0.2, 0.25) is 0 Å². The molecule has 2 rings (SSSR count). The minimum absolute atomic E-state index is 0.107. The van der Waals surface area contributed by atoms with Crippen molar-refractivity contribution < 1.29 is 4.74 Å². The van der Waals surface area contributed by atoms with Crippen molar-refractivity contribution in [3.8, 4) is 11.6 Å². The van der Waals surface area contributed by atoms with Crippen molar-refractivity contribution in [3.63, 3.8) is 0 Å². The number of hydrogen-bond acceptors (Lipinski definition) is 6. The van der Waals surface area contributed by atoms with Crippen molar-refractivity contribution in [2.75, 3.05) is 23.8 Å². The van der Waals surface area contributed by atoms with Crippen LogP contribution in [-0.4, -0.2) is 17.0 Å². The van der Waals surface area contributed by atoms with Crippen LogP contribution in [0.4, 0.5) is 17.5 Å². The maximum Gasteiger partial charge on any atom is 0.249 e. The molecule has 0 aliphatic heterocycles. The first-order valence-electron chi connectivity index (χ1n) is 5.45. The molecule has 0 atom stereocenters. The molecular formula is C12H15N5O. The minimum Gasteiger partial charge on any atom is -0.437 e. The molecule has 1 aromatic carbocycles. The smallest absolute Gasteiger partial charge is 0.249 e. The van der Waals surface area contributed by atoms with Gasteiger partial charge < -0.3 is 21.5 Å². The van der Waals surface area contributed by atoms with Crippen LogP contribution in [0.15, 0.2) is 24.3 Å². The fraction of sp³-hybridized carbons (Fsp3) is 0.167. The summed E-state index contributed by atoms with van der Waals surface area (Å²) in [6.07, 6.45) is 0. The molecule has 0 aliphatic carbocycles. The van der Waals surface area contributed by atoms with Crippen LogP contribution >= 0.6 is 0 Å². The molecule has 0 saturated heterocycles. The molecule has 6 heteroatoms. The Morgan fingerprint density at radius 2 is 1.78 bits per heavy atom. The number of anilines is 3. The Bertz CT molecular complexity index is 553. The summed E-state index contributed by atoms with van der Waals surface area (Å²) in [7, 11) is 1.70. The molecule has 0 saturated carbocycles. The summed E-state index contributed by atoms with van der Waals surface area (Å²) in [4.78, 5) is 7.94. The van der Waals surface area contributed by atoms with Gasteiger partial charge in [0, 0.05) is 7.05 Å². The van der Waals surface area contributed by atoms with Crippen molar-refractivity contribution in [2.24, 2.45) is 0 Å². The fourth-order valence-corrected chi connectivity index (χ4v) is 1.45. The van der Waals surface area contributed by atoms with E-state index in [0.29, 0.717) is 17.3 Å². The Morgan fingerprint density at radius 3 is 2.39 bits per heavy atom. The molecule has 0 fully saturated rings. The molecule has 0 aliphatic rings. The Balaban J connectivity index is 2.34. The molecule has 0 bridgehead atoms. The number of aryl methyl sites for hydroxylation is 1. The molecule has 1 aromatic heterocycles. The lowest BCUT2D eigenvalue weighted by Crippen LogP contribution is -2.06. The topological polar surface area (TPSA) is 99.1 Å². The van der Waals surface area contributed by atoms with E-state index in [1.54, 1.807) is 7.05 Å². The number of ether oxygens (including phenoxy) is 1. The van der Waals surface area contributed by atoms with Crippen molar-refractivity contribution in [1.29, 1.82) is 0 Å². The van der Waals surface area contributed by atoms with E-state index in [0.717, 1.165) is 5.56 Å². The van der Waals surface area contributed by atoms with E-state index in [2.05, 4.69) is 15.3 Å². The third-order valence-corrected chi connectivity index (χ3v) is 2.40. The van der Waals surface area contributed by atoms with Gasteiger partial charge in [0.25, 0.3) is 0 Å². The van der Waals surface area contributed by atoms with Gasteiger partial charge in [0.15, 0.2) is 5.82 Å². The van der Waals surface area contributed by atoms with Gasteiger partial charge in [-0.3, -0.25) is 0 Å². The summed E-state index contributed by atoms with van der Waals surface area (Å²) in [5.41, 5.74) is 12.9. The van der Waals surface area contributed by atoms with Gasteiger partial charge in [0.1, 0.15) is 11.4 Å². The fourth-order valence-electron chi connectivity index (χ4n) is 1.45. The number of hydrogen-bond donors (Lipinski definition) is 3. The molecule has 94 valence electrons. The van der Waals surface area contributed by atoms with E-state index >= 15 is 0 Å². The summed E-state index contributed by atoms with van der Waals surface area (Å²) in [6.45, 7) is 2.00. The standard InChI is InChI=1S/C12H15N5O/c1-7-3-5-8(6-4-7)18-11-9(13)10(15-2)16-12(14)17-11/h3-6H,13H2,1-2H3,(H3,14,15,16,17). The Kier molecular flexibility index (Phi) is 3.18.